The Morgan fingerprint density at radius 1 is 1.75 bits per heavy atom. The highest BCUT2D eigenvalue weighted by atomic mass is 16.6. The number of ether oxygens (including phenoxy) is 1. The van der Waals surface area contributed by atoms with Gasteiger partial charge >= 0.3 is 0 Å². The Balaban J connectivity index is 2.50. The van der Waals surface area contributed by atoms with Gasteiger partial charge in [0.15, 0.2) is 0 Å². The van der Waals surface area contributed by atoms with Crippen LogP contribution < -0.4 is 10.5 Å². The quantitative estimate of drug-likeness (QED) is 0.570. The van der Waals surface area contributed by atoms with E-state index in [1.54, 1.807) is 12.1 Å². The van der Waals surface area contributed by atoms with Crippen molar-refractivity contribution >= 4 is 0 Å². The van der Waals surface area contributed by atoms with Gasteiger partial charge in [-0.15, -0.1) is 0 Å². The van der Waals surface area contributed by atoms with Crippen molar-refractivity contribution in [1.29, 1.82) is 0 Å². The van der Waals surface area contributed by atoms with Crippen molar-refractivity contribution in [3.63, 3.8) is 0 Å². The molecular weight excluding hydrogens is 106 g/mol. The first-order valence-corrected chi connectivity index (χ1v) is 2.30. The summed E-state index contributed by atoms with van der Waals surface area (Å²) in [6, 6.07) is 3.44. The van der Waals surface area contributed by atoms with Gasteiger partial charge in [-0.05, 0) is 6.07 Å². The Morgan fingerprint density at radius 3 is 3.12 bits per heavy atom. The van der Waals surface area contributed by atoms with Crippen LogP contribution in [0.15, 0.2) is 22.8 Å². The third kappa shape index (κ3) is 1.01. The average Bonchev–Trinajstić information content (AvgIpc) is 2.19. The van der Waals surface area contributed by atoms with E-state index in [4.69, 9.17) is 14.9 Å². The molecule has 3 nitrogen and oxygen atoms in total. The van der Waals surface area contributed by atoms with Crippen LogP contribution in [0.4, 0.5) is 0 Å². The lowest BCUT2D eigenvalue weighted by atomic mass is 10.7. The molecule has 0 unspecified atom stereocenters. The maximum Gasteiger partial charge on any atom is 0.285 e. The molecule has 0 amide bonds. The number of furan rings is 1. The van der Waals surface area contributed by atoms with Crippen molar-refractivity contribution < 1.29 is 9.15 Å². The fourth-order valence-corrected chi connectivity index (χ4v) is 0.428. The highest BCUT2D eigenvalue weighted by Crippen LogP contribution is 2.07. The zero-order valence-electron chi connectivity index (χ0n) is 4.33. The Kier molecular flexibility index (Phi) is 1.54. The van der Waals surface area contributed by atoms with E-state index in [0.29, 0.717) is 5.95 Å². The van der Waals surface area contributed by atoms with Gasteiger partial charge in [-0.2, -0.15) is 0 Å². The van der Waals surface area contributed by atoms with Crippen LogP contribution in [-0.2, 0) is 0 Å². The summed E-state index contributed by atoms with van der Waals surface area (Å²) >= 11 is 0. The lowest BCUT2D eigenvalue weighted by Crippen LogP contribution is -2.06. The number of nitrogens with two attached hydrogens (primary N) is 1. The second kappa shape index (κ2) is 2.37. The van der Waals surface area contributed by atoms with E-state index in [2.05, 4.69) is 0 Å². The zero-order chi connectivity index (χ0) is 5.82. The van der Waals surface area contributed by atoms with Crippen molar-refractivity contribution in [3.05, 3.63) is 18.4 Å². The number of rotatable bonds is 2. The van der Waals surface area contributed by atoms with Gasteiger partial charge in [0.2, 0.25) is 0 Å². The van der Waals surface area contributed by atoms with E-state index < -0.39 is 0 Å². The molecule has 0 aliphatic carbocycles. The van der Waals surface area contributed by atoms with Crippen LogP contribution in [0, 0.1) is 0 Å². The van der Waals surface area contributed by atoms with Crippen LogP contribution in [0.25, 0.3) is 0 Å². The van der Waals surface area contributed by atoms with E-state index in [1.165, 1.54) is 6.26 Å². The molecule has 1 aromatic rings. The third-order valence-electron chi connectivity index (χ3n) is 0.721. The van der Waals surface area contributed by atoms with Crippen LogP contribution in [0.1, 0.15) is 0 Å². The van der Waals surface area contributed by atoms with Crippen molar-refractivity contribution in [1.82, 2.24) is 0 Å². The minimum Gasteiger partial charge on any atom is -0.449 e. The first kappa shape index (κ1) is 5.18. The van der Waals surface area contributed by atoms with Gasteiger partial charge in [-0.1, -0.05) is 0 Å². The van der Waals surface area contributed by atoms with E-state index in [9.17, 15) is 0 Å². The van der Waals surface area contributed by atoms with Gasteiger partial charge < -0.3 is 9.15 Å². The largest absolute Gasteiger partial charge is 0.449 e. The lowest BCUT2D eigenvalue weighted by Gasteiger charge is -1.92. The molecule has 0 aliphatic heterocycles. The summed E-state index contributed by atoms with van der Waals surface area (Å²) in [5.74, 6) is 0.465. The van der Waals surface area contributed by atoms with E-state index >= 15 is 0 Å². The molecular formula is C5H7NO2. The van der Waals surface area contributed by atoms with E-state index in [0.717, 1.165) is 0 Å². The fraction of sp³-hybridized carbons (Fsp3) is 0.200. The molecule has 1 aromatic heterocycles. The van der Waals surface area contributed by atoms with E-state index in [1.807, 2.05) is 0 Å². The summed E-state index contributed by atoms with van der Waals surface area (Å²) < 4.78 is 9.53. The minimum atomic E-state index is 0.160. The van der Waals surface area contributed by atoms with Crippen LogP contribution in [-0.4, -0.2) is 6.73 Å². The molecule has 0 saturated carbocycles. The molecule has 1 heterocycles. The topological polar surface area (TPSA) is 48.4 Å². The Labute approximate surface area is 47.0 Å². The highest BCUT2D eigenvalue weighted by molar-refractivity contribution is 5.03. The molecule has 0 fully saturated rings. The lowest BCUT2D eigenvalue weighted by molar-refractivity contribution is 0.250. The Bertz CT molecular complexity index is 136. The van der Waals surface area contributed by atoms with Gasteiger partial charge in [0.25, 0.3) is 5.95 Å². The predicted octanol–water partition coefficient (Wildman–Crippen LogP) is 0.575. The molecule has 8 heavy (non-hydrogen) atoms. The van der Waals surface area contributed by atoms with Gasteiger partial charge in [-0.25, -0.2) is 0 Å². The maximum absolute atomic E-state index is 5.04. The molecule has 0 radical (unpaired) electrons. The summed E-state index contributed by atoms with van der Waals surface area (Å²) in [5, 5.41) is 0. The Morgan fingerprint density at radius 2 is 2.62 bits per heavy atom. The normalized spacial score (nSPS) is 9.12. The molecule has 0 aromatic carbocycles. The van der Waals surface area contributed by atoms with Gasteiger partial charge in [0.1, 0.15) is 6.73 Å². The van der Waals surface area contributed by atoms with Gasteiger partial charge in [0.05, 0.1) is 6.26 Å². The van der Waals surface area contributed by atoms with Crippen molar-refractivity contribution in [2.45, 2.75) is 0 Å². The molecule has 2 N–H and O–H groups in total. The van der Waals surface area contributed by atoms with Crippen LogP contribution in [0.5, 0.6) is 5.95 Å². The summed E-state index contributed by atoms with van der Waals surface area (Å²) in [6.07, 6.45) is 1.53. The minimum absolute atomic E-state index is 0.160. The molecule has 1 rings (SSSR count). The number of hydrogen-bond acceptors (Lipinski definition) is 3. The van der Waals surface area contributed by atoms with Crippen molar-refractivity contribution in [2.75, 3.05) is 6.73 Å². The van der Waals surface area contributed by atoms with Crippen LogP contribution in [0.3, 0.4) is 0 Å². The Hall–Kier alpha value is -0.960. The monoisotopic (exact) mass is 113 g/mol. The molecule has 0 atom stereocenters. The molecule has 44 valence electrons. The van der Waals surface area contributed by atoms with Crippen molar-refractivity contribution in [3.8, 4) is 5.95 Å². The average molecular weight is 113 g/mol. The van der Waals surface area contributed by atoms with Crippen LogP contribution >= 0.6 is 0 Å². The third-order valence-corrected chi connectivity index (χ3v) is 0.721. The second-order valence-electron chi connectivity index (χ2n) is 1.24. The summed E-state index contributed by atoms with van der Waals surface area (Å²) in [4.78, 5) is 0. The predicted molar refractivity (Wildman–Crippen MR) is 28.4 cm³/mol. The van der Waals surface area contributed by atoms with Gasteiger partial charge in [-0.3, -0.25) is 5.73 Å². The molecule has 0 spiro atoms. The summed E-state index contributed by atoms with van der Waals surface area (Å²) in [7, 11) is 0. The SMILES string of the molecule is NCOc1ccco1. The summed E-state index contributed by atoms with van der Waals surface area (Å²) in [5.41, 5.74) is 5.04. The number of hydrogen-bond donors (Lipinski definition) is 1. The first-order valence-electron chi connectivity index (χ1n) is 2.30. The fourth-order valence-electron chi connectivity index (χ4n) is 0.428. The van der Waals surface area contributed by atoms with E-state index in [-0.39, 0.29) is 6.73 Å². The molecule has 0 bridgehead atoms. The molecule has 0 aliphatic rings. The van der Waals surface area contributed by atoms with Gasteiger partial charge in [0, 0.05) is 6.07 Å². The zero-order valence-corrected chi connectivity index (χ0v) is 4.33. The smallest absolute Gasteiger partial charge is 0.285 e. The highest BCUT2D eigenvalue weighted by Gasteiger charge is 1.88. The maximum atomic E-state index is 5.04. The van der Waals surface area contributed by atoms with Crippen molar-refractivity contribution in [2.24, 2.45) is 5.73 Å². The second-order valence-corrected chi connectivity index (χ2v) is 1.24. The first-order chi connectivity index (χ1) is 3.93. The summed E-state index contributed by atoms with van der Waals surface area (Å²) in [6.45, 7) is 0.160. The molecule has 0 saturated heterocycles. The van der Waals surface area contributed by atoms with Crippen LogP contribution in [0.2, 0.25) is 0 Å². The standard InChI is InChI=1S/C5H7NO2/c6-4-8-5-2-1-3-7-5/h1-3H,4,6H2. The molecule has 3 heteroatoms.